The van der Waals surface area contributed by atoms with Gasteiger partial charge in [0.05, 0.1) is 5.60 Å². The van der Waals surface area contributed by atoms with Crippen molar-refractivity contribution in [2.45, 2.75) is 72.1 Å². The van der Waals surface area contributed by atoms with E-state index in [2.05, 4.69) is 58.7 Å². The van der Waals surface area contributed by atoms with Gasteiger partial charge in [0.15, 0.2) is 0 Å². The van der Waals surface area contributed by atoms with Gasteiger partial charge in [0, 0.05) is 37.8 Å². The molecule has 0 aliphatic carbocycles. The van der Waals surface area contributed by atoms with Gasteiger partial charge in [-0.05, 0) is 40.0 Å². The minimum Gasteiger partial charge on any atom is -0.375 e. The van der Waals surface area contributed by atoms with Crippen molar-refractivity contribution < 1.29 is 4.74 Å². The summed E-state index contributed by atoms with van der Waals surface area (Å²) in [5.74, 6) is 0.673. The van der Waals surface area contributed by atoms with Gasteiger partial charge in [0.25, 0.3) is 0 Å². The van der Waals surface area contributed by atoms with Gasteiger partial charge in [-0.3, -0.25) is 4.90 Å². The first-order valence-electron chi connectivity index (χ1n) is 7.86. The van der Waals surface area contributed by atoms with Gasteiger partial charge >= 0.3 is 0 Å². The minimum atomic E-state index is -0.0616. The summed E-state index contributed by atoms with van der Waals surface area (Å²) in [7, 11) is 0. The summed E-state index contributed by atoms with van der Waals surface area (Å²) in [5, 5.41) is 3.74. The molecule has 2 unspecified atom stereocenters. The van der Waals surface area contributed by atoms with Gasteiger partial charge in [0.1, 0.15) is 0 Å². The van der Waals surface area contributed by atoms with E-state index in [9.17, 15) is 0 Å². The summed E-state index contributed by atoms with van der Waals surface area (Å²) in [6.07, 6.45) is 1.17. The van der Waals surface area contributed by atoms with E-state index in [0.29, 0.717) is 12.0 Å². The zero-order valence-electron chi connectivity index (χ0n) is 14.0. The summed E-state index contributed by atoms with van der Waals surface area (Å²) >= 11 is 0. The van der Waals surface area contributed by atoms with Gasteiger partial charge in [-0.2, -0.15) is 0 Å². The summed E-state index contributed by atoms with van der Waals surface area (Å²) in [4.78, 5) is 2.64. The molecule has 0 aromatic carbocycles. The van der Waals surface area contributed by atoms with Crippen molar-refractivity contribution in [2.75, 3.05) is 26.2 Å². The fourth-order valence-corrected chi connectivity index (χ4v) is 3.09. The van der Waals surface area contributed by atoms with E-state index in [0.717, 1.165) is 26.2 Å². The van der Waals surface area contributed by atoms with E-state index in [1.165, 1.54) is 6.42 Å². The van der Waals surface area contributed by atoms with E-state index >= 15 is 0 Å². The number of hydrogen-bond donors (Lipinski definition) is 1. The highest BCUT2D eigenvalue weighted by Gasteiger charge is 2.38. The summed E-state index contributed by atoms with van der Waals surface area (Å²) in [6, 6.07) is 0.611. The van der Waals surface area contributed by atoms with Crippen molar-refractivity contribution in [1.82, 2.24) is 10.2 Å². The van der Waals surface area contributed by atoms with Crippen molar-refractivity contribution in [3.63, 3.8) is 0 Å². The second-order valence-electron chi connectivity index (χ2n) is 7.20. The standard InChI is InChI=1S/C16H34N2O/c1-8-16(7)12-18(11-15(5,6)19-9-2)14(10-17-16)13(3)4/h13-14,17H,8-12H2,1-7H3. The van der Waals surface area contributed by atoms with Crippen LogP contribution in [0.2, 0.25) is 0 Å². The second kappa shape index (κ2) is 6.55. The third kappa shape index (κ3) is 4.73. The Morgan fingerprint density at radius 2 is 2.00 bits per heavy atom. The van der Waals surface area contributed by atoms with Crippen molar-refractivity contribution in [2.24, 2.45) is 5.92 Å². The first-order chi connectivity index (χ1) is 8.73. The number of piperazine rings is 1. The summed E-state index contributed by atoms with van der Waals surface area (Å²) < 4.78 is 5.90. The molecule has 0 aromatic rings. The van der Waals surface area contributed by atoms with E-state index in [1.54, 1.807) is 0 Å². The number of rotatable bonds is 6. The molecular weight excluding hydrogens is 236 g/mol. The molecule has 19 heavy (non-hydrogen) atoms. The Morgan fingerprint density at radius 3 is 2.47 bits per heavy atom. The summed E-state index contributed by atoms with van der Waals surface area (Å²) in [5.41, 5.74) is 0.182. The van der Waals surface area contributed by atoms with Crippen molar-refractivity contribution in [3.8, 4) is 0 Å². The molecule has 0 radical (unpaired) electrons. The van der Waals surface area contributed by atoms with Crippen LogP contribution in [0.25, 0.3) is 0 Å². The number of nitrogens with zero attached hydrogens (tertiary/aromatic N) is 1. The molecule has 3 nitrogen and oxygen atoms in total. The zero-order chi connectivity index (χ0) is 14.7. The highest BCUT2D eigenvalue weighted by molar-refractivity contribution is 4.97. The SMILES string of the molecule is CCOC(C)(C)CN1CC(C)(CC)NCC1C(C)C. The number of nitrogens with one attached hydrogen (secondary N) is 1. The summed E-state index contributed by atoms with van der Waals surface area (Å²) in [6.45, 7) is 19.8. The quantitative estimate of drug-likeness (QED) is 0.803. The smallest absolute Gasteiger partial charge is 0.0752 e. The molecule has 2 atom stereocenters. The maximum atomic E-state index is 5.90. The Labute approximate surface area is 120 Å². The molecule has 0 saturated carbocycles. The molecule has 1 heterocycles. The predicted molar refractivity (Wildman–Crippen MR) is 82.6 cm³/mol. The van der Waals surface area contributed by atoms with Gasteiger partial charge < -0.3 is 10.1 Å². The van der Waals surface area contributed by atoms with Crippen LogP contribution in [0.1, 0.15) is 54.9 Å². The average molecular weight is 270 g/mol. The fourth-order valence-electron chi connectivity index (χ4n) is 3.09. The monoisotopic (exact) mass is 270 g/mol. The Bertz CT molecular complexity index is 278. The largest absolute Gasteiger partial charge is 0.375 e. The normalized spacial score (nSPS) is 30.0. The molecule has 1 saturated heterocycles. The molecule has 1 fully saturated rings. The number of ether oxygens (including phenoxy) is 1. The van der Waals surface area contributed by atoms with Crippen molar-refractivity contribution in [1.29, 1.82) is 0 Å². The second-order valence-corrected chi connectivity index (χ2v) is 7.20. The van der Waals surface area contributed by atoms with Crippen LogP contribution in [-0.4, -0.2) is 48.3 Å². The lowest BCUT2D eigenvalue weighted by atomic mass is 9.89. The van der Waals surface area contributed by atoms with Crippen LogP contribution in [0.3, 0.4) is 0 Å². The first kappa shape index (κ1) is 16.9. The Hall–Kier alpha value is -0.120. The fraction of sp³-hybridized carbons (Fsp3) is 1.00. The van der Waals surface area contributed by atoms with Crippen LogP contribution in [0.5, 0.6) is 0 Å². The lowest BCUT2D eigenvalue weighted by Crippen LogP contribution is -2.65. The molecule has 3 heteroatoms. The van der Waals surface area contributed by atoms with E-state index in [4.69, 9.17) is 4.74 Å². The zero-order valence-corrected chi connectivity index (χ0v) is 14.0. The first-order valence-corrected chi connectivity index (χ1v) is 7.86. The Balaban J connectivity index is 2.77. The van der Waals surface area contributed by atoms with Crippen LogP contribution >= 0.6 is 0 Å². The highest BCUT2D eigenvalue weighted by Crippen LogP contribution is 2.25. The van der Waals surface area contributed by atoms with Crippen LogP contribution in [-0.2, 0) is 4.74 Å². The van der Waals surface area contributed by atoms with Crippen LogP contribution in [0, 0.1) is 5.92 Å². The maximum Gasteiger partial charge on any atom is 0.0752 e. The topological polar surface area (TPSA) is 24.5 Å². The van der Waals surface area contributed by atoms with Gasteiger partial charge in [-0.25, -0.2) is 0 Å². The van der Waals surface area contributed by atoms with Crippen LogP contribution in [0.15, 0.2) is 0 Å². The highest BCUT2D eigenvalue weighted by atomic mass is 16.5. The van der Waals surface area contributed by atoms with Crippen LogP contribution < -0.4 is 5.32 Å². The lowest BCUT2D eigenvalue weighted by molar-refractivity contribution is -0.0604. The van der Waals surface area contributed by atoms with Gasteiger partial charge in [-0.15, -0.1) is 0 Å². The van der Waals surface area contributed by atoms with Crippen molar-refractivity contribution in [3.05, 3.63) is 0 Å². The Morgan fingerprint density at radius 1 is 1.37 bits per heavy atom. The molecule has 0 spiro atoms. The third-order valence-electron chi connectivity index (χ3n) is 4.43. The third-order valence-corrected chi connectivity index (χ3v) is 4.43. The predicted octanol–water partition coefficient (Wildman–Crippen LogP) is 2.90. The molecule has 1 rings (SSSR count). The van der Waals surface area contributed by atoms with Crippen LogP contribution in [0.4, 0.5) is 0 Å². The number of hydrogen-bond acceptors (Lipinski definition) is 3. The van der Waals surface area contributed by atoms with Gasteiger partial charge in [0.2, 0.25) is 0 Å². The molecule has 114 valence electrons. The maximum absolute atomic E-state index is 5.90. The van der Waals surface area contributed by atoms with E-state index < -0.39 is 0 Å². The molecule has 0 aromatic heterocycles. The molecule has 0 bridgehead atoms. The average Bonchev–Trinajstić information content (AvgIpc) is 2.27. The molecule has 1 aliphatic heterocycles. The van der Waals surface area contributed by atoms with E-state index in [-0.39, 0.29) is 11.1 Å². The van der Waals surface area contributed by atoms with Gasteiger partial charge in [-0.1, -0.05) is 20.8 Å². The minimum absolute atomic E-state index is 0.0616. The van der Waals surface area contributed by atoms with E-state index in [1.807, 2.05) is 0 Å². The molecular formula is C16H34N2O. The molecule has 0 amide bonds. The molecule has 1 N–H and O–H groups in total. The Kier molecular flexibility index (Phi) is 5.84. The van der Waals surface area contributed by atoms with Crippen molar-refractivity contribution >= 4 is 0 Å². The lowest BCUT2D eigenvalue weighted by Gasteiger charge is -2.49. The molecule has 1 aliphatic rings.